The van der Waals surface area contributed by atoms with Gasteiger partial charge in [0, 0.05) is 18.1 Å². The number of unbranched alkanes of at least 4 members (excludes halogenated alkanes) is 3. The summed E-state index contributed by atoms with van der Waals surface area (Å²) in [5, 5.41) is 18.7. The first-order chi connectivity index (χ1) is 23.0. The third-order valence-corrected chi connectivity index (χ3v) is 7.96. The van der Waals surface area contributed by atoms with Crippen molar-refractivity contribution in [1.82, 2.24) is 4.98 Å². The lowest BCUT2D eigenvalue weighted by molar-refractivity contribution is -0.136. The summed E-state index contributed by atoms with van der Waals surface area (Å²) in [5.74, 6) is -0.606. The van der Waals surface area contributed by atoms with Crippen molar-refractivity contribution in [2.45, 2.75) is 51.6 Å². The highest BCUT2D eigenvalue weighted by Gasteiger charge is 2.13. The minimum absolute atomic E-state index is 0.00467. The molecule has 0 saturated heterocycles. The van der Waals surface area contributed by atoms with Crippen LogP contribution in [0.2, 0.25) is 0 Å². The van der Waals surface area contributed by atoms with E-state index in [1.54, 1.807) is 18.2 Å². The van der Waals surface area contributed by atoms with Crippen molar-refractivity contribution < 1.29 is 29.3 Å². The fourth-order valence-electron chi connectivity index (χ4n) is 5.53. The summed E-state index contributed by atoms with van der Waals surface area (Å²) in [7, 11) is 0. The van der Waals surface area contributed by atoms with Crippen molar-refractivity contribution in [2.75, 3.05) is 6.61 Å². The largest absolute Gasteiger partial charge is 0.489 e. The Morgan fingerprint density at radius 3 is 2.11 bits per heavy atom. The van der Waals surface area contributed by atoms with Crippen LogP contribution in [-0.4, -0.2) is 33.7 Å². The first kappa shape index (κ1) is 32.9. The van der Waals surface area contributed by atoms with Gasteiger partial charge in [-0.15, -0.1) is 0 Å². The van der Waals surface area contributed by atoms with Crippen molar-refractivity contribution >= 4 is 11.9 Å². The summed E-state index contributed by atoms with van der Waals surface area (Å²) in [6, 6.07) is 36.9. The molecule has 5 rings (SSSR count). The summed E-state index contributed by atoms with van der Waals surface area (Å²) in [5.41, 5.74) is 7.00. The van der Waals surface area contributed by atoms with E-state index in [1.807, 2.05) is 66.7 Å². The highest BCUT2D eigenvalue weighted by atomic mass is 16.5. The smallest absolute Gasteiger partial charge is 0.335 e. The quantitative estimate of drug-likeness (QED) is 0.0990. The molecular weight excluding hydrogens is 590 g/mol. The van der Waals surface area contributed by atoms with Gasteiger partial charge in [0.15, 0.2) is 0 Å². The lowest BCUT2D eigenvalue weighted by Gasteiger charge is -2.16. The van der Waals surface area contributed by atoms with Crippen LogP contribution in [0.15, 0.2) is 115 Å². The summed E-state index contributed by atoms with van der Waals surface area (Å²) < 4.78 is 12.2. The summed E-state index contributed by atoms with van der Waals surface area (Å²) in [4.78, 5) is 27.5. The van der Waals surface area contributed by atoms with E-state index in [4.69, 9.17) is 14.5 Å². The molecule has 2 N–H and O–H groups in total. The van der Waals surface area contributed by atoms with Gasteiger partial charge in [0.25, 0.3) is 0 Å². The van der Waals surface area contributed by atoms with Crippen LogP contribution in [-0.2, 0) is 24.2 Å². The molecule has 0 unspecified atom stereocenters. The molecule has 5 aromatic rings. The van der Waals surface area contributed by atoms with Gasteiger partial charge >= 0.3 is 11.9 Å². The third-order valence-electron chi connectivity index (χ3n) is 7.96. The first-order valence-electron chi connectivity index (χ1n) is 16.0. The highest BCUT2D eigenvalue weighted by Crippen LogP contribution is 2.29. The maximum Gasteiger partial charge on any atom is 0.335 e. The number of carboxylic acids is 2. The zero-order valence-electron chi connectivity index (χ0n) is 26.3. The van der Waals surface area contributed by atoms with Gasteiger partial charge in [-0.25, -0.2) is 9.78 Å². The Balaban J connectivity index is 1.15. The number of aromatic nitrogens is 1. The highest BCUT2D eigenvalue weighted by molar-refractivity contribution is 5.87. The molecule has 0 aliphatic carbocycles. The van der Waals surface area contributed by atoms with E-state index in [0.717, 1.165) is 71.2 Å². The van der Waals surface area contributed by atoms with Crippen molar-refractivity contribution in [2.24, 2.45) is 0 Å². The number of carboxylic acid groups (broad SMARTS) is 2. The van der Waals surface area contributed by atoms with Gasteiger partial charge in [-0.3, -0.25) is 4.79 Å². The van der Waals surface area contributed by atoms with Gasteiger partial charge < -0.3 is 19.7 Å². The number of pyridine rings is 1. The van der Waals surface area contributed by atoms with E-state index in [9.17, 15) is 19.8 Å². The SMILES string of the molecule is O=C(O)CCc1c(CCCCCCOc2cc(-c3ccccc3)cc(-c3ccccc3)n2)cccc1OCc1cccc(C(=O)O)c1. The summed E-state index contributed by atoms with van der Waals surface area (Å²) >= 11 is 0. The second-order valence-corrected chi connectivity index (χ2v) is 11.4. The molecule has 0 radical (unpaired) electrons. The van der Waals surface area contributed by atoms with Crippen LogP contribution in [0.5, 0.6) is 11.6 Å². The summed E-state index contributed by atoms with van der Waals surface area (Å²) in [6.45, 7) is 0.760. The van der Waals surface area contributed by atoms with Gasteiger partial charge in [-0.05, 0) is 77.8 Å². The van der Waals surface area contributed by atoms with Crippen molar-refractivity contribution in [1.29, 1.82) is 0 Å². The lowest BCUT2D eigenvalue weighted by atomic mass is 9.96. The van der Waals surface area contributed by atoms with Crippen LogP contribution in [0.1, 0.15) is 59.2 Å². The van der Waals surface area contributed by atoms with E-state index in [1.165, 1.54) is 0 Å². The molecule has 7 heteroatoms. The molecule has 0 amide bonds. The van der Waals surface area contributed by atoms with Crippen LogP contribution in [0.3, 0.4) is 0 Å². The average Bonchev–Trinajstić information content (AvgIpc) is 3.10. The minimum Gasteiger partial charge on any atom is -0.489 e. The molecule has 0 bridgehead atoms. The van der Waals surface area contributed by atoms with Gasteiger partial charge in [0.2, 0.25) is 5.88 Å². The monoisotopic (exact) mass is 629 g/mol. The Bertz CT molecular complexity index is 1710. The number of benzene rings is 4. The summed E-state index contributed by atoms with van der Waals surface area (Å²) in [6.07, 6.45) is 5.01. The molecule has 0 fully saturated rings. The molecule has 0 aliphatic rings. The van der Waals surface area contributed by atoms with E-state index >= 15 is 0 Å². The predicted octanol–water partition coefficient (Wildman–Crippen LogP) is 8.89. The van der Waals surface area contributed by atoms with Gasteiger partial charge in [0.1, 0.15) is 12.4 Å². The van der Waals surface area contributed by atoms with Crippen molar-refractivity contribution in [3.63, 3.8) is 0 Å². The van der Waals surface area contributed by atoms with Crippen LogP contribution in [0, 0.1) is 0 Å². The Labute approximate surface area is 275 Å². The van der Waals surface area contributed by atoms with E-state index in [0.29, 0.717) is 24.7 Å². The predicted molar refractivity (Wildman–Crippen MR) is 183 cm³/mol. The number of aliphatic carboxylic acids is 1. The van der Waals surface area contributed by atoms with Crippen molar-refractivity contribution in [3.05, 3.63) is 138 Å². The van der Waals surface area contributed by atoms with E-state index in [-0.39, 0.29) is 18.6 Å². The maximum absolute atomic E-state index is 11.4. The fourth-order valence-corrected chi connectivity index (χ4v) is 5.53. The molecule has 1 heterocycles. The van der Waals surface area contributed by atoms with Gasteiger partial charge in [0.05, 0.1) is 17.9 Å². The molecule has 4 aromatic carbocycles. The van der Waals surface area contributed by atoms with Gasteiger partial charge in [-0.1, -0.05) is 97.8 Å². The lowest BCUT2D eigenvalue weighted by Crippen LogP contribution is -2.06. The Morgan fingerprint density at radius 2 is 1.36 bits per heavy atom. The fraction of sp³-hybridized carbons (Fsp3) is 0.225. The zero-order valence-corrected chi connectivity index (χ0v) is 26.3. The van der Waals surface area contributed by atoms with E-state index < -0.39 is 11.9 Å². The third kappa shape index (κ3) is 9.78. The molecule has 240 valence electrons. The van der Waals surface area contributed by atoms with Crippen LogP contribution in [0.25, 0.3) is 22.4 Å². The number of hydrogen-bond donors (Lipinski definition) is 2. The minimum atomic E-state index is -0.992. The second-order valence-electron chi connectivity index (χ2n) is 11.4. The van der Waals surface area contributed by atoms with E-state index in [2.05, 4.69) is 30.3 Å². The Kier molecular flexibility index (Phi) is 11.7. The average molecular weight is 630 g/mol. The number of carbonyl (C=O) groups is 2. The number of aromatic carboxylic acids is 1. The molecular formula is C40H39NO6. The number of rotatable bonds is 17. The number of aryl methyl sites for hydroxylation is 1. The molecule has 0 spiro atoms. The Morgan fingerprint density at radius 1 is 0.638 bits per heavy atom. The zero-order chi connectivity index (χ0) is 32.8. The topological polar surface area (TPSA) is 106 Å². The van der Waals surface area contributed by atoms with Gasteiger partial charge in [-0.2, -0.15) is 0 Å². The standard InChI is InChI=1S/C40H39NO6/c42-39(43)23-22-35-31(19-12-21-37(35)47-28-29-13-11-20-33(25-29)40(44)45)16-5-1-2-10-24-46-38-27-34(30-14-6-3-7-15-30)26-36(41-38)32-17-8-4-9-18-32/h3-4,6-9,11-15,17-21,25-27H,1-2,5,10,16,22-24,28H2,(H,42,43)(H,44,45). The molecule has 1 aromatic heterocycles. The molecule has 7 nitrogen and oxygen atoms in total. The second kappa shape index (κ2) is 16.8. The molecule has 47 heavy (non-hydrogen) atoms. The van der Waals surface area contributed by atoms with Crippen LogP contribution >= 0.6 is 0 Å². The van der Waals surface area contributed by atoms with Crippen LogP contribution in [0.4, 0.5) is 0 Å². The molecule has 0 atom stereocenters. The first-order valence-corrected chi connectivity index (χ1v) is 16.0. The number of nitrogens with zero attached hydrogens (tertiary/aromatic N) is 1. The number of hydrogen-bond acceptors (Lipinski definition) is 5. The normalized spacial score (nSPS) is 10.8. The molecule has 0 aliphatic heterocycles. The number of ether oxygens (including phenoxy) is 2. The van der Waals surface area contributed by atoms with Crippen LogP contribution < -0.4 is 9.47 Å². The molecule has 0 saturated carbocycles. The Hall–Kier alpha value is -5.43. The maximum atomic E-state index is 11.4. The van der Waals surface area contributed by atoms with Crippen molar-refractivity contribution in [3.8, 4) is 34.0 Å².